The zero-order chi connectivity index (χ0) is 26.3. The summed E-state index contributed by atoms with van der Waals surface area (Å²) >= 11 is 0. The van der Waals surface area contributed by atoms with E-state index in [2.05, 4.69) is 22.9 Å². The van der Waals surface area contributed by atoms with Crippen molar-refractivity contribution >= 4 is 17.9 Å². The fraction of sp³-hybridized carbons (Fsp3) is 0.654. The molecule has 2 aliphatic heterocycles. The molecular weight excluding hydrogens is 464 g/mol. The number of carbonyl (C=O) groups excluding carboxylic acids is 2. The minimum atomic E-state index is -1.13. The number of amides is 3. The van der Waals surface area contributed by atoms with Gasteiger partial charge in [-0.15, -0.1) is 0 Å². The lowest BCUT2D eigenvalue weighted by atomic mass is 9.98. The van der Waals surface area contributed by atoms with Gasteiger partial charge in [-0.25, -0.2) is 9.59 Å². The normalized spacial score (nSPS) is 21.0. The van der Waals surface area contributed by atoms with Crippen LogP contribution in [-0.2, 0) is 20.7 Å². The number of carboxylic acids is 1. The van der Waals surface area contributed by atoms with Crippen LogP contribution in [0, 0.1) is 5.92 Å². The third kappa shape index (κ3) is 10.4. The lowest BCUT2D eigenvalue weighted by Crippen LogP contribution is -2.56. The predicted molar refractivity (Wildman–Crippen MR) is 137 cm³/mol. The monoisotopic (exact) mass is 506 g/mol. The van der Waals surface area contributed by atoms with Crippen molar-refractivity contribution in [3.63, 3.8) is 0 Å². The van der Waals surface area contributed by atoms with Crippen molar-refractivity contribution in [1.82, 2.24) is 16.0 Å². The van der Waals surface area contributed by atoms with E-state index in [0.29, 0.717) is 39.2 Å². The Morgan fingerprint density at radius 1 is 1.19 bits per heavy atom. The van der Waals surface area contributed by atoms with Crippen LogP contribution in [-0.4, -0.2) is 67.5 Å². The highest BCUT2D eigenvalue weighted by molar-refractivity contribution is 5.89. The maximum absolute atomic E-state index is 13.3. The molecule has 1 unspecified atom stereocenters. The minimum absolute atomic E-state index is 0.170. The first-order valence-corrected chi connectivity index (χ1v) is 12.9. The van der Waals surface area contributed by atoms with E-state index in [4.69, 9.17) is 15.2 Å². The third-order valence-electron chi connectivity index (χ3n) is 6.44. The molecule has 10 heteroatoms. The zero-order valence-corrected chi connectivity index (χ0v) is 21.5. The van der Waals surface area contributed by atoms with Gasteiger partial charge >= 0.3 is 12.0 Å². The number of nitrogens with two attached hydrogens (primary N) is 1. The summed E-state index contributed by atoms with van der Waals surface area (Å²) in [6, 6.07) is 4.51. The number of rotatable bonds is 9. The summed E-state index contributed by atoms with van der Waals surface area (Å²) < 4.78 is 11.6. The number of carboxylic acid groups (broad SMARTS) is 1. The second-order valence-electron chi connectivity index (χ2n) is 9.32. The molecule has 1 aromatic rings. The van der Waals surface area contributed by atoms with E-state index in [1.54, 1.807) is 0 Å². The van der Waals surface area contributed by atoms with Gasteiger partial charge in [0.2, 0.25) is 5.91 Å². The number of carbonyl (C=O) groups is 3. The van der Waals surface area contributed by atoms with Gasteiger partial charge in [-0.1, -0.05) is 32.4 Å². The van der Waals surface area contributed by atoms with Crippen LogP contribution < -0.4 is 26.4 Å². The van der Waals surface area contributed by atoms with Crippen LogP contribution >= 0.6 is 0 Å². The van der Waals surface area contributed by atoms with Crippen molar-refractivity contribution in [3.05, 3.63) is 29.8 Å². The molecule has 0 aromatic heterocycles. The molecule has 0 radical (unpaired) electrons. The Morgan fingerprint density at radius 2 is 1.92 bits per heavy atom. The molecular formula is C26H42N4O6. The summed E-state index contributed by atoms with van der Waals surface area (Å²) in [6.45, 7) is 6.08. The van der Waals surface area contributed by atoms with Gasteiger partial charge in [0.1, 0.15) is 17.8 Å². The molecule has 202 valence electrons. The third-order valence-corrected chi connectivity index (χ3v) is 6.44. The van der Waals surface area contributed by atoms with Crippen LogP contribution in [0.15, 0.2) is 24.3 Å². The standard InChI is InChI=1S/C26H42N4O6/c1-3-18(2)23-17-35-14-6-7-15-36-20-11-9-19(10-12-20)16-22(24(31)28-23)30-26(34)29-21(25(32)33)8-4-5-13-27/h9-12,18,21-23H,3-8,13-17,27H2,1-2H3,(H,28,31)(H,32,33)(H2,29,30,34)/t18?,21-,22+,23+/m0/s1. The van der Waals surface area contributed by atoms with E-state index in [9.17, 15) is 19.5 Å². The Hall–Kier alpha value is -2.85. The minimum Gasteiger partial charge on any atom is -0.494 e. The molecule has 0 fully saturated rings. The van der Waals surface area contributed by atoms with Crippen molar-refractivity contribution in [2.45, 2.75) is 76.9 Å². The van der Waals surface area contributed by atoms with E-state index < -0.39 is 24.1 Å². The summed E-state index contributed by atoms with van der Waals surface area (Å²) in [7, 11) is 0. The van der Waals surface area contributed by atoms with Crippen LogP contribution in [0.2, 0.25) is 0 Å². The summed E-state index contributed by atoms with van der Waals surface area (Å²) in [5.74, 6) is -0.573. The molecule has 2 heterocycles. The summed E-state index contributed by atoms with van der Waals surface area (Å²) in [6.07, 6.45) is 4.29. The number of aliphatic carboxylic acids is 1. The van der Waals surface area contributed by atoms with Gasteiger partial charge in [-0.2, -0.15) is 0 Å². The number of fused-ring (bicyclic) bond motifs is 13. The van der Waals surface area contributed by atoms with Crippen molar-refractivity contribution in [2.24, 2.45) is 11.7 Å². The molecule has 36 heavy (non-hydrogen) atoms. The number of benzene rings is 1. The molecule has 2 aliphatic rings. The maximum Gasteiger partial charge on any atom is 0.326 e. The molecule has 0 saturated carbocycles. The van der Waals surface area contributed by atoms with E-state index in [1.165, 1.54) is 0 Å². The molecule has 6 N–H and O–H groups in total. The molecule has 0 spiro atoms. The molecule has 10 nitrogen and oxygen atoms in total. The highest BCUT2D eigenvalue weighted by Crippen LogP contribution is 2.16. The number of hydrogen-bond donors (Lipinski definition) is 5. The van der Waals surface area contributed by atoms with Crippen LogP contribution in [0.25, 0.3) is 0 Å². The Balaban J connectivity index is 2.19. The summed E-state index contributed by atoms with van der Waals surface area (Å²) in [5, 5.41) is 17.7. The number of hydrogen-bond acceptors (Lipinski definition) is 6. The van der Waals surface area contributed by atoms with Crippen LogP contribution in [0.4, 0.5) is 4.79 Å². The smallest absolute Gasteiger partial charge is 0.326 e. The van der Waals surface area contributed by atoms with Gasteiger partial charge in [-0.3, -0.25) is 4.79 Å². The quantitative estimate of drug-likeness (QED) is 0.322. The van der Waals surface area contributed by atoms with Gasteiger partial charge < -0.3 is 36.3 Å². The number of urea groups is 1. The molecule has 0 aliphatic carbocycles. The average Bonchev–Trinajstić information content (AvgIpc) is 2.86. The Kier molecular flexibility index (Phi) is 13.1. The second kappa shape index (κ2) is 16.0. The number of ether oxygens (including phenoxy) is 2. The first-order chi connectivity index (χ1) is 17.3. The van der Waals surface area contributed by atoms with Crippen molar-refractivity contribution in [3.8, 4) is 5.75 Å². The Morgan fingerprint density at radius 3 is 2.58 bits per heavy atom. The SMILES string of the molecule is CCC(C)[C@H]1COCCCCOc2ccc(cc2)C[C@@H](NC(=O)N[C@@H](CCCCN)C(=O)O)C(=O)N1. The van der Waals surface area contributed by atoms with Gasteiger partial charge in [0.25, 0.3) is 0 Å². The topological polar surface area (TPSA) is 152 Å². The van der Waals surface area contributed by atoms with E-state index in [0.717, 1.165) is 30.6 Å². The van der Waals surface area contributed by atoms with E-state index >= 15 is 0 Å². The molecule has 2 bridgehead atoms. The number of nitrogens with one attached hydrogen (secondary N) is 3. The molecule has 3 amide bonds. The number of unbranched alkanes of at least 4 members (excludes halogenated alkanes) is 1. The average molecular weight is 507 g/mol. The van der Waals surface area contributed by atoms with Crippen LogP contribution in [0.5, 0.6) is 5.75 Å². The Labute approximate surface area is 213 Å². The first-order valence-electron chi connectivity index (χ1n) is 12.9. The van der Waals surface area contributed by atoms with Crippen molar-refractivity contribution in [2.75, 3.05) is 26.4 Å². The summed E-state index contributed by atoms with van der Waals surface area (Å²) in [4.78, 5) is 37.7. The van der Waals surface area contributed by atoms with Crippen LogP contribution in [0.3, 0.4) is 0 Å². The predicted octanol–water partition coefficient (Wildman–Crippen LogP) is 2.20. The van der Waals surface area contributed by atoms with Gasteiger partial charge in [0.05, 0.1) is 19.3 Å². The van der Waals surface area contributed by atoms with Crippen molar-refractivity contribution in [1.29, 1.82) is 0 Å². The fourth-order valence-corrected chi connectivity index (χ4v) is 3.90. The Bertz CT molecular complexity index is 819. The first kappa shape index (κ1) is 29.4. The van der Waals surface area contributed by atoms with Gasteiger partial charge in [-0.05, 0) is 62.3 Å². The van der Waals surface area contributed by atoms with E-state index in [-0.39, 0.29) is 30.7 Å². The van der Waals surface area contributed by atoms with E-state index in [1.807, 2.05) is 31.2 Å². The maximum atomic E-state index is 13.3. The zero-order valence-electron chi connectivity index (χ0n) is 21.5. The lowest BCUT2D eigenvalue weighted by Gasteiger charge is -2.28. The molecule has 3 rings (SSSR count). The molecule has 4 atom stereocenters. The van der Waals surface area contributed by atoms with Crippen molar-refractivity contribution < 1.29 is 29.0 Å². The summed E-state index contributed by atoms with van der Waals surface area (Å²) in [5.41, 5.74) is 6.32. The van der Waals surface area contributed by atoms with Gasteiger partial charge in [0.15, 0.2) is 0 Å². The molecule has 1 aromatic carbocycles. The van der Waals surface area contributed by atoms with Crippen LogP contribution in [0.1, 0.15) is 57.9 Å². The lowest BCUT2D eigenvalue weighted by molar-refractivity contribution is -0.139. The highest BCUT2D eigenvalue weighted by Gasteiger charge is 2.28. The largest absolute Gasteiger partial charge is 0.494 e. The fourth-order valence-electron chi connectivity index (χ4n) is 3.90. The second-order valence-corrected chi connectivity index (χ2v) is 9.32. The van der Waals surface area contributed by atoms with Gasteiger partial charge in [0, 0.05) is 13.0 Å². The highest BCUT2D eigenvalue weighted by atomic mass is 16.5. The molecule has 0 saturated heterocycles.